The molecule has 84 valence electrons. The average Bonchev–Trinajstić information content (AvgIpc) is 2.51. The number of aliphatic carboxylic acids is 1. The average molecular weight is 227 g/mol. The highest BCUT2D eigenvalue weighted by molar-refractivity contribution is 7.10. The van der Waals surface area contributed by atoms with Gasteiger partial charge in [0.05, 0.1) is 0 Å². The molecule has 0 saturated carbocycles. The van der Waals surface area contributed by atoms with E-state index in [1.54, 1.807) is 11.3 Å². The van der Waals surface area contributed by atoms with Gasteiger partial charge >= 0.3 is 5.97 Å². The zero-order valence-electron chi connectivity index (χ0n) is 9.28. The van der Waals surface area contributed by atoms with Crippen molar-refractivity contribution in [2.24, 2.45) is 5.92 Å². The van der Waals surface area contributed by atoms with Gasteiger partial charge in [-0.2, -0.15) is 0 Å². The van der Waals surface area contributed by atoms with Crippen molar-refractivity contribution in [3.05, 3.63) is 21.9 Å². The fraction of sp³-hybridized carbons (Fsp3) is 0.545. The van der Waals surface area contributed by atoms with Crippen LogP contribution in [0.3, 0.4) is 0 Å². The molecule has 0 spiro atoms. The van der Waals surface area contributed by atoms with Crippen molar-refractivity contribution in [2.75, 3.05) is 0 Å². The first-order chi connectivity index (χ1) is 7.02. The Morgan fingerprint density at radius 3 is 2.67 bits per heavy atom. The second-order valence-electron chi connectivity index (χ2n) is 3.97. The van der Waals surface area contributed by atoms with Gasteiger partial charge in [-0.15, -0.1) is 11.3 Å². The first-order valence-electron chi connectivity index (χ1n) is 5.01. The van der Waals surface area contributed by atoms with Crippen LogP contribution >= 0.6 is 11.3 Å². The molecule has 1 rings (SSSR count). The van der Waals surface area contributed by atoms with Crippen LogP contribution in [-0.4, -0.2) is 17.1 Å². The zero-order chi connectivity index (χ0) is 11.4. The van der Waals surface area contributed by atoms with Crippen LogP contribution in [-0.2, 0) is 11.3 Å². The van der Waals surface area contributed by atoms with E-state index < -0.39 is 12.0 Å². The molecule has 0 aromatic carbocycles. The molecule has 1 heterocycles. The van der Waals surface area contributed by atoms with Crippen molar-refractivity contribution < 1.29 is 9.90 Å². The van der Waals surface area contributed by atoms with E-state index in [2.05, 4.69) is 5.32 Å². The summed E-state index contributed by atoms with van der Waals surface area (Å²) in [5.74, 6) is -0.679. The van der Waals surface area contributed by atoms with Gasteiger partial charge in [-0.05, 0) is 29.9 Å². The number of carboxylic acids is 1. The highest BCUT2D eigenvalue weighted by atomic mass is 32.1. The summed E-state index contributed by atoms with van der Waals surface area (Å²) >= 11 is 1.66. The molecule has 1 atom stereocenters. The Bertz CT molecular complexity index is 333. The number of aryl methyl sites for hydroxylation is 1. The minimum Gasteiger partial charge on any atom is -0.480 e. The molecule has 1 aromatic rings. The smallest absolute Gasteiger partial charge is 0.320 e. The number of hydrogen-bond acceptors (Lipinski definition) is 3. The predicted octanol–water partition coefficient (Wildman–Crippen LogP) is 2.26. The summed E-state index contributed by atoms with van der Waals surface area (Å²) in [5, 5.41) is 14.1. The molecule has 0 saturated heterocycles. The maximum absolute atomic E-state index is 10.9. The first kappa shape index (κ1) is 12.2. The lowest BCUT2D eigenvalue weighted by Crippen LogP contribution is -2.40. The molecule has 3 nitrogen and oxygen atoms in total. The zero-order valence-corrected chi connectivity index (χ0v) is 10.1. The number of carbonyl (C=O) groups is 1. The van der Waals surface area contributed by atoms with E-state index in [1.165, 1.54) is 10.4 Å². The Morgan fingerprint density at radius 1 is 1.60 bits per heavy atom. The van der Waals surface area contributed by atoms with E-state index in [9.17, 15) is 4.79 Å². The van der Waals surface area contributed by atoms with Crippen molar-refractivity contribution in [1.29, 1.82) is 0 Å². The number of carboxylic acid groups (broad SMARTS) is 1. The van der Waals surface area contributed by atoms with Gasteiger partial charge in [-0.25, -0.2) is 0 Å². The molecule has 15 heavy (non-hydrogen) atoms. The summed E-state index contributed by atoms with van der Waals surface area (Å²) < 4.78 is 0. The van der Waals surface area contributed by atoms with Crippen molar-refractivity contribution in [1.82, 2.24) is 5.32 Å². The molecule has 2 N–H and O–H groups in total. The van der Waals surface area contributed by atoms with Crippen LogP contribution in [0.25, 0.3) is 0 Å². The molecule has 0 radical (unpaired) electrons. The van der Waals surface area contributed by atoms with Gasteiger partial charge in [-0.1, -0.05) is 13.8 Å². The predicted molar refractivity (Wildman–Crippen MR) is 62.2 cm³/mol. The molecule has 4 heteroatoms. The minimum absolute atomic E-state index is 0.0998. The monoisotopic (exact) mass is 227 g/mol. The Hall–Kier alpha value is -0.870. The number of nitrogens with one attached hydrogen (secondary N) is 1. The van der Waals surface area contributed by atoms with E-state index in [1.807, 2.05) is 32.2 Å². The van der Waals surface area contributed by atoms with Gasteiger partial charge in [0.1, 0.15) is 6.04 Å². The lowest BCUT2D eigenvalue weighted by atomic mass is 10.0. The van der Waals surface area contributed by atoms with Gasteiger partial charge in [0.15, 0.2) is 0 Å². The quantitative estimate of drug-likeness (QED) is 0.811. The van der Waals surface area contributed by atoms with Crippen LogP contribution in [0.2, 0.25) is 0 Å². The fourth-order valence-corrected chi connectivity index (χ4v) is 2.25. The van der Waals surface area contributed by atoms with Crippen LogP contribution in [0.5, 0.6) is 0 Å². The van der Waals surface area contributed by atoms with Crippen molar-refractivity contribution in [3.8, 4) is 0 Å². The summed E-state index contributed by atoms with van der Waals surface area (Å²) in [6, 6.07) is 1.58. The van der Waals surface area contributed by atoms with Crippen molar-refractivity contribution in [3.63, 3.8) is 0 Å². The minimum atomic E-state index is -0.779. The summed E-state index contributed by atoms with van der Waals surface area (Å²) in [7, 11) is 0. The largest absolute Gasteiger partial charge is 0.480 e. The standard InChI is InChI=1S/C11H17NO2S/c1-7(2)10(11(13)14)12-6-9-8(3)4-5-15-9/h4-5,7,10,12H,6H2,1-3H3,(H,13,14). The molecule has 0 bridgehead atoms. The molecule has 0 aliphatic heterocycles. The highest BCUT2D eigenvalue weighted by Crippen LogP contribution is 2.15. The second kappa shape index (κ2) is 5.28. The van der Waals surface area contributed by atoms with Crippen LogP contribution < -0.4 is 5.32 Å². The van der Waals surface area contributed by atoms with Crippen molar-refractivity contribution in [2.45, 2.75) is 33.4 Å². The van der Waals surface area contributed by atoms with Crippen LogP contribution in [0.1, 0.15) is 24.3 Å². The maximum Gasteiger partial charge on any atom is 0.320 e. The second-order valence-corrected chi connectivity index (χ2v) is 4.97. The third-order valence-corrected chi connectivity index (χ3v) is 3.41. The third-order valence-electron chi connectivity index (χ3n) is 2.38. The third kappa shape index (κ3) is 3.32. The fourth-order valence-electron chi connectivity index (χ4n) is 1.40. The van der Waals surface area contributed by atoms with E-state index in [4.69, 9.17) is 5.11 Å². The maximum atomic E-state index is 10.9. The lowest BCUT2D eigenvalue weighted by molar-refractivity contribution is -0.140. The molecule has 0 aliphatic rings. The number of hydrogen-bond donors (Lipinski definition) is 2. The Kier molecular flexibility index (Phi) is 4.29. The number of rotatable bonds is 5. The molecule has 1 unspecified atom stereocenters. The van der Waals surface area contributed by atoms with Crippen LogP contribution in [0, 0.1) is 12.8 Å². The first-order valence-corrected chi connectivity index (χ1v) is 5.89. The summed E-state index contributed by atoms with van der Waals surface area (Å²) in [4.78, 5) is 12.1. The Balaban J connectivity index is 2.55. The summed E-state index contributed by atoms with van der Waals surface area (Å²) in [5.41, 5.74) is 1.22. The lowest BCUT2D eigenvalue weighted by Gasteiger charge is -2.17. The topological polar surface area (TPSA) is 49.3 Å². The summed E-state index contributed by atoms with van der Waals surface area (Å²) in [6.45, 7) is 6.50. The Morgan fingerprint density at radius 2 is 2.27 bits per heavy atom. The SMILES string of the molecule is Cc1ccsc1CNC(C(=O)O)C(C)C. The van der Waals surface area contributed by atoms with E-state index in [0.717, 1.165) is 0 Å². The number of thiophene rings is 1. The van der Waals surface area contributed by atoms with E-state index in [0.29, 0.717) is 6.54 Å². The molecule has 0 amide bonds. The highest BCUT2D eigenvalue weighted by Gasteiger charge is 2.20. The van der Waals surface area contributed by atoms with E-state index >= 15 is 0 Å². The molecule has 0 fully saturated rings. The molecule has 1 aromatic heterocycles. The molecular formula is C11H17NO2S. The normalized spacial score (nSPS) is 13.1. The van der Waals surface area contributed by atoms with Gasteiger partial charge in [0.25, 0.3) is 0 Å². The molecular weight excluding hydrogens is 210 g/mol. The van der Waals surface area contributed by atoms with Gasteiger partial charge in [-0.3, -0.25) is 10.1 Å². The summed E-state index contributed by atoms with van der Waals surface area (Å²) in [6.07, 6.45) is 0. The van der Waals surface area contributed by atoms with E-state index in [-0.39, 0.29) is 5.92 Å². The Labute approximate surface area is 94.1 Å². The van der Waals surface area contributed by atoms with Crippen molar-refractivity contribution >= 4 is 17.3 Å². The van der Waals surface area contributed by atoms with Gasteiger partial charge < -0.3 is 5.11 Å². The van der Waals surface area contributed by atoms with Gasteiger partial charge in [0, 0.05) is 11.4 Å². The molecule has 0 aliphatic carbocycles. The van der Waals surface area contributed by atoms with Crippen LogP contribution in [0.15, 0.2) is 11.4 Å². The van der Waals surface area contributed by atoms with Gasteiger partial charge in [0.2, 0.25) is 0 Å². The van der Waals surface area contributed by atoms with Crippen LogP contribution in [0.4, 0.5) is 0 Å².